The van der Waals surface area contributed by atoms with Crippen LogP contribution in [0, 0.1) is 13.8 Å². The lowest BCUT2D eigenvalue weighted by atomic mass is 10.0. The molecule has 12 heteroatoms. The first-order chi connectivity index (χ1) is 13.0. The predicted octanol–water partition coefficient (Wildman–Crippen LogP) is -0.0616. The van der Waals surface area contributed by atoms with E-state index in [-0.39, 0.29) is 42.7 Å². The van der Waals surface area contributed by atoms with Gasteiger partial charge in [-0.1, -0.05) is 11.6 Å². The third-order valence-electron chi connectivity index (χ3n) is 5.28. The van der Waals surface area contributed by atoms with Gasteiger partial charge in [-0.3, -0.25) is 4.79 Å². The summed E-state index contributed by atoms with van der Waals surface area (Å²) in [5.74, 6) is -0.0125. The largest absolute Gasteiger partial charge is 0.360 e. The lowest BCUT2D eigenvalue weighted by Crippen LogP contribution is -2.57. The van der Waals surface area contributed by atoms with Crippen LogP contribution < -0.4 is 0 Å². The van der Waals surface area contributed by atoms with Gasteiger partial charge in [0.15, 0.2) is 5.76 Å². The summed E-state index contributed by atoms with van der Waals surface area (Å²) in [5.41, 5.74) is 0.307. The fourth-order valence-electron chi connectivity index (χ4n) is 3.88. The first-order valence-corrected chi connectivity index (χ1v) is 12.5. The Labute approximate surface area is 165 Å². The summed E-state index contributed by atoms with van der Waals surface area (Å²) in [7, 11) is -7.22. The lowest BCUT2D eigenvalue weighted by Gasteiger charge is -2.39. The van der Waals surface area contributed by atoms with Gasteiger partial charge in [-0.2, -0.15) is 8.61 Å². The molecular weight excluding hydrogens is 408 g/mol. The van der Waals surface area contributed by atoms with Crippen molar-refractivity contribution in [2.24, 2.45) is 0 Å². The minimum atomic E-state index is -3.76. The Morgan fingerprint density at radius 2 is 1.68 bits per heavy atom. The number of rotatable bonds is 4. The fraction of sp³-hybridized carbons (Fsp3) is 0.750. The highest BCUT2D eigenvalue weighted by molar-refractivity contribution is 7.89. The van der Waals surface area contributed by atoms with E-state index in [1.54, 1.807) is 18.7 Å². The summed E-state index contributed by atoms with van der Waals surface area (Å²) >= 11 is 0. The monoisotopic (exact) mass is 434 g/mol. The minimum absolute atomic E-state index is 0.0720. The molecule has 0 aliphatic carbocycles. The number of aromatic nitrogens is 1. The van der Waals surface area contributed by atoms with Crippen molar-refractivity contribution in [1.29, 1.82) is 0 Å². The number of piperazine rings is 1. The van der Waals surface area contributed by atoms with Crippen LogP contribution in [0.5, 0.6) is 0 Å². The number of carbonyl (C=O) groups is 1. The van der Waals surface area contributed by atoms with Gasteiger partial charge in [-0.25, -0.2) is 16.8 Å². The molecule has 0 bridgehead atoms. The summed E-state index contributed by atoms with van der Waals surface area (Å²) in [4.78, 5) is 14.6. The van der Waals surface area contributed by atoms with Crippen molar-refractivity contribution in [3.05, 3.63) is 11.5 Å². The highest BCUT2D eigenvalue weighted by Gasteiger charge is 2.39. The maximum Gasteiger partial charge on any atom is 0.248 e. The van der Waals surface area contributed by atoms with Crippen LogP contribution in [0.2, 0.25) is 0 Å². The van der Waals surface area contributed by atoms with E-state index in [1.807, 2.05) is 0 Å². The summed E-state index contributed by atoms with van der Waals surface area (Å²) < 4.78 is 57.4. The van der Waals surface area contributed by atoms with Gasteiger partial charge in [0.05, 0.1) is 6.26 Å². The average Bonchev–Trinajstić information content (AvgIpc) is 2.99. The van der Waals surface area contributed by atoms with E-state index >= 15 is 0 Å². The second kappa shape index (κ2) is 7.73. The standard InChI is InChI=1S/C16H26N4O6S2/c1-12-15(13(2)26-17-12)28(24,25)19-10-8-18(9-11-19)16(21)14-6-4-5-7-20(14)27(3,22)23/h14H,4-11H2,1-3H3/t14-/m0/s1. The van der Waals surface area contributed by atoms with Crippen molar-refractivity contribution in [2.45, 2.75) is 44.0 Å². The second-order valence-corrected chi connectivity index (χ2v) is 11.1. The smallest absolute Gasteiger partial charge is 0.248 e. The van der Waals surface area contributed by atoms with Crippen LogP contribution in [0.4, 0.5) is 0 Å². The maximum absolute atomic E-state index is 12.9. The number of hydrogen-bond donors (Lipinski definition) is 0. The third kappa shape index (κ3) is 3.95. The van der Waals surface area contributed by atoms with Gasteiger partial charge in [0.2, 0.25) is 26.0 Å². The van der Waals surface area contributed by atoms with Crippen LogP contribution in [0.25, 0.3) is 0 Å². The van der Waals surface area contributed by atoms with Crippen LogP contribution >= 0.6 is 0 Å². The van der Waals surface area contributed by atoms with Crippen molar-refractivity contribution in [3.8, 4) is 0 Å². The van der Waals surface area contributed by atoms with E-state index < -0.39 is 26.1 Å². The van der Waals surface area contributed by atoms with Gasteiger partial charge in [-0.05, 0) is 26.7 Å². The molecule has 158 valence electrons. The molecule has 3 heterocycles. The molecule has 0 aromatic carbocycles. The summed E-state index contributed by atoms with van der Waals surface area (Å²) in [6.45, 7) is 4.19. The van der Waals surface area contributed by atoms with E-state index in [0.717, 1.165) is 19.1 Å². The number of hydrogen-bond acceptors (Lipinski definition) is 7. The van der Waals surface area contributed by atoms with Crippen LogP contribution in [-0.4, -0.2) is 86.4 Å². The van der Waals surface area contributed by atoms with E-state index in [4.69, 9.17) is 4.52 Å². The molecule has 1 aromatic rings. The number of aryl methyl sites for hydroxylation is 2. The molecule has 0 unspecified atom stereocenters. The number of piperidine rings is 1. The van der Waals surface area contributed by atoms with Crippen molar-refractivity contribution < 1.29 is 26.2 Å². The maximum atomic E-state index is 12.9. The number of carbonyl (C=O) groups excluding carboxylic acids is 1. The molecule has 0 radical (unpaired) electrons. The van der Waals surface area contributed by atoms with Crippen LogP contribution in [-0.2, 0) is 24.8 Å². The van der Waals surface area contributed by atoms with Gasteiger partial charge < -0.3 is 9.42 Å². The highest BCUT2D eigenvalue weighted by Crippen LogP contribution is 2.26. The number of amides is 1. The molecule has 2 aliphatic rings. The molecular formula is C16H26N4O6S2. The van der Waals surface area contributed by atoms with Crippen LogP contribution in [0.3, 0.4) is 0 Å². The van der Waals surface area contributed by atoms with Crippen molar-refractivity contribution in [2.75, 3.05) is 39.0 Å². The first-order valence-electron chi connectivity index (χ1n) is 9.22. The SMILES string of the molecule is Cc1noc(C)c1S(=O)(=O)N1CCN(C(=O)[C@@H]2CCCCN2S(C)(=O)=O)CC1. The fourth-order valence-corrected chi connectivity index (χ4v) is 6.71. The first kappa shape index (κ1) is 21.2. The Morgan fingerprint density at radius 1 is 1.04 bits per heavy atom. The molecule has 28 heavy (non-hydrogen) atoms. The molecule has 3 rings (SSSR count). The molecule has 1 aromatic heterocycles. The normalized spacial score (nSPS) is 23.1. The molecule has 2 aliphatic heterocycles. The quantitative estimate of drug-likeness (QED) is 0.651. The zero-order valence-corrected chi connectivity index (χ0v) is 17.9. The zero-order valence-electron chi connectivity index (χ0n) is 16.3. The van der Waals surface area contributed by atoms with E-state index in [9.17, 15) is 21.6 Å². The van der Waals surface area contributed by atoms with E-state index in [2.05, 4.69) is 5.16 Å². The summed E-state index contributed by atoms with van der Waals surface area (Å²) in [6, 6.07) is -0.700. The lowest BCUT2D eigenvalue weighted by molar-refractivity contribution is -0.137. The summed E-state index contributed by atoms with van der Waals surface area (Å²) in [6.07, 6.45) is 3.14. The molecule has 0 N–H and O–H groups in total. The zero-order chi connectivity index (χ0) is 20.7. The third-order valence-corrected chi connectivity index (χ3v) is 8.71. The predicted molar refractivity (Wildman–Crippen MR) is 101 cm³/mol. The van der Waals surface area contributed by atoms with Gasteiger partial charge >= 0.3 is 0 Å². The average molecular weight is 435 g/mol. The van der Waals surface area contributed by atoms with E-state index in [1.165, 1.54) is 8.61 Å². The Bertz CT molecular complexity index is 928. The van der Waals surface area contributed by atoms with Gasteiger partial charge in [-0.15, -0.1) is 0 Å². The van der Waals surface area contributed by atoms with Crippen molar-refractivity contribution in [3.63, 3.8) is 0 Å². The Morgan fingerprint density at radius 3 is 2.21 bits per heavy atom. The van der Waals surface area contributed by atoms with Gasteiger partial charge in [0.25, 0.3) is 0 Å². The molecule has 0 spiro atoms. The molecule has 0 saturated carbocycles. The summed E-state index contributed by atoms with van der Waals surface area (Å²) in [5, 5.41) is 3.71. The van der Waals surface area contributed by atoms with Crippen molar-refractivity contribution >= 4 is 26.0 Å². The van der Waals surface area contributed by atoms with Gasteiger partial charge in [0.1, 0.15) is 16.6 Å². The molecule has 1 atom stereocenters. The molecule has 1 amide bonds. The number of nitrogens with zero attached hydrogens (tertiary/aromatic N) is 4. The molecule has 2 fully saturated rings. The Hall–Kier alpha value is -1.50. The second-order valence-electron chi connectivity index (χ2n) is 7.27. The van der Waals surface area contributed by atoms with Crippen LogP contribution in [0.1, 0.15) is 30.7 Å². The van der Waals surface area contributed by atoms with Crippen molar-refractivity contribution in [1.82, 2.24) is 18.7 Å². The highest BCUT2D eigenvalue weighted by atomic mass is 32.2. The minimum Gasteiger partial charge on any atom is -0.360 e. The van der Waals surface area contributed by atoms with Crippen LogP contribution in [0.15, 0.2) is 9.42 Å². The van der Waals surface area contributed by atoms with Gasteiger partial charge in [0, 0.05) is 32.7 Å². The topological polar surface area (TPSA) is 121 Å². The Balaban J connectivity index is 1.70. The molecule has 2 saturated heterocycles. The Kier molecular flexibility index (Phi) is 5.86. The van der Waals surface area contributed by atoms with E-state index in [0.29, 0.717) is 18.7 Å². The molecule has 10 nitrogen and oxygen atoms in total. The number of sulfonamides is 2.